The lowest BCUT2D eigenvalue weighted by molar-refractivity contribution is -0.137. The summed E-state index contributed by atoms with van der Waals surface area (Å²) in [6.45, 7) is 1.71. The van der Waals surface area contributed by atoms with Crippen LogP contribution in [0.3, 0.4) is 0 Å². The number of likely N-dealkylation sites (N-methyl/N-ethyl adjacent to an activating group) is 1. The molecule has 192 valence electrons. The maximum atomic E-state index is 13.6. The van der Waals surface area contributed by atoms with Crippen LogP contribution in [-0.4, -0.2) is 54.1 Å². The summed E-state index contributed by atoms with van der Waals surface area (Å²) in [7, 11) is -2.32. The zero-order valence-electron chi connectivity index (χ0n) is 19.9. The number of aromatic nitrogens is 1. The molecule has 4 rings (SSSR count). The van der Waals surface area contributed by atoms with Gasteiger partial charge in [-0.2, -0.15) is 4.31 Å². The van der Waals surface area contributed by atoms with Crippen molar-refractivity contribution in [2.45, 2.75) is 62.4 Å². The average Bonchev–Trinajstić information content (AvgIpc) is 3.04. The fourth-order valence-electron chi connectivity index (χ4n) is 4.60. The van der Waals surface area contributed by atoms with Gasteiger partial charge in [0.2, 0.25) is 15.9 Å². The van der Waals surface area contributed by atoms with Crippen LogP contribution in [0.25, 0.3) is 0 Å². The van der Waals surface area contributed by atoms with Crippen molar-refractivity contribution < 1.29 is 23.1 Å². The molecule has 1 aliphatic heterocycles. The number of benzene rings is 1. The third-order valence-corrected chi connectivity index (χ3v) is 8.94. The van der Waals surface area contributed by atoms with Crippen LogP contribution in [0.5, 0.6) is 11.6 Å². The standard InChI is InChI=1S/C25H27Cl2N3O5S/c1-15-10-19(13-29-25(15)35-23-11-17(26)7-9-21(23)27)36(33,34)30(2)22-5-3-4-16-6-8-18(12-24(31)32)28-14-20(16)22/h7,9-11,13-14,18,22H,3-6,8,12H2,1-2H3,(H,31,32). The van der Waals surface area contributed by atoms with Crippen LogP contribution in [0.15, 0.2) is 51.5 Å². The highest BCUT2D eigenvalue weighted by Gasteiger charge is 2.34. The first-order valence-electron chi connectivity index (χ1n) is 11.6. The largest absolute Gasteiger partial charge is 0.481 e. The first kappa shape index (κ1) is 26.6. The number of rotatable bonds is 7. The molecule has 1 aromatic carbocycles. The van der Waals surface area contributed by atoms with Crippen molar-refractivity contribution >= 4 is 45.4 Å². The molecule has 11 heteroatoms. The molecule has 2 aliphatic rings. The number of hydrogen-bond donors (Lipinski definition) is 1. The Labute approximate surface area is 220 Å². The summed E-state index contributed by atoms with van der Waals surface area (Å²) >= 11 is 12.2. The number of halogens is 2. The Kier molecular flexibility index (Phi) is 8.04. The number of nitrogens with zero attached hydrogens (tertiary/aromatic N) is 3. The number of ether oxygens (including phenoxy) is 1. The summed E-state index contributed by atoms with van der Waals surface area (Å²) in [6.07, 6.45) is 6.68. The summed E-state index contributed by atoms with van der Waals surface area (Å²) < 4.78 is 34.3. The van der Waals surface area contributed by atoms with Crippen LogP contribution in [0.4, 0.5) is 0 Å². The van der Waals surface area contributed by atoms with E-state index in [1.165, 1.54) is 16.6 Å². The van der Waals surface area contributed by atoms with Crippen LogP contribution < -0.4 is 4.74 Å². The summed E-state index contributed by atoms with van der Waals surface area (Å²) in [4.78, 5) is 19.9. The van der Waals surface area contributed by atoms with E-state index in [-0.39, 0.29) is 29.3 Å². The number of sulfonamides is 1. The molecular formula is C25H27Cl2N3O5S. The molecule has 1 aliphatic carbocycles. The Morgan fingerprint density at radius 3 is 2.72 bits per heavy atom. The summed E-state index contributed by atoms with van der Waals surface area (Å²) in [5.74, 6) is -0.340. The zero-order chi connectivity index (χ0) is 26.0. The number of aliphatic imine (C=N–C) groups is 1. The molecule has 0 fully saturated rings. The zero-order valence-corrected chi connectivity index (χ0v) is 22.3. The van der Waals surface area contributed by atoms with Gasteiger partial charge in [0.05, 0.1) is 29.7 Å². The molecule has 0 amide bonds. The average molecular weight is 552 g/mol. The van der Waals surface area contributed by atoms with E-state index in [9.17, 15) is 13.2 Å². The van der Waals surface area contributed by atoms with Crippen LogP contribution >= 0.6 is 23.2 Å². The number of allylic oxidation sites excluding steroid dienone is 1. The van der Waals surface area contributed by atoms with E-state index in [0.29, 0.717) is 34.2 Å². The van der Waals surface area contributed by atoms with E-state index in [0.717, 1.165) is 30.4 Å². The SMILES string of the molecule is Cc1cc(S(=O)(=O)N(C)C2CCCC3=C2C=NC(CC(=O)O)CC3)cnc1Oc1cc(Cl)ccc1Cl. The van der Waals surface area contributed by atoms with Gasteiger partial charge in [-0.1, -0.05) is 28.8 Å². The molecule has 36 heavy (non-hydrogen) atoms. The molecule has 1 N–H and O–H groups in total. The highest BCUT2D eigenvalue weighted by Crippen LogP contribution is 2.36. The van der Waals surface area contributed by atoms with E-state index in [1.807, 2.05) is 0 Å². The molecule has 1 aromatic heterocycles. The van der Waals surface area contributed by atoms with Crippen molar-refractivity contribution in [2.75, 3.05) is 7.05 Å². The number of carboxylic acid groups (broad SMARTS) is 1. The third-order valence-electron chi connectivity index (χ3n) is 6.56. The van der Waals surface area contributed by atoms with Gasteiger partial charge in [0, 0.05) is 29.9 Å². The Balaban J connectivity index is 1.58. The monoisotopic (exact) mass is 551 g/mol. The number of hydrogen-bond acceptors (Lipinski definition) is 6. The van der Waals surface area contributed by atoms with E-state index in [2.05, 4.69) is 9.98 Å². The Morgan fingerprint density at radius 2 is 2.00 bits per heavy atom. The fraction of sp³-hybridized carbons (Fsp3) is 0.400. The highest BCUT2D eigenvalue weighted by atomic mass is 35.5. The lowest BCUT2D eigenvalue weighted by Gasteiger charge is -2.33. The minimum Gasteiger partial charge on any atom is -0.481 e. The minimum atomic E-state index is -3.88. The molecule has 0 saturated heterocycles. The normalized spacial score (nSPS) is 20.2. The van der Waals surface area contributed by atoms with Gasteiger partial charge in [0.1, 0.15) is 10.6 Å². The van der Waals surface area contributed by atoms with Crippen molar-refractivity contribution in [3.8, 4) is 11.6 Å². The van der Waals surface area contributed by atoms with Crippen LogP contribution in [0.1, 0.15) is 44.1 Å². The third kappa shape index (κ3) is 5.75. The molecule has 0 spiro atoms. The number of carbonyl (C=O) groups is 1. The minimum absolute atomic E-state index is 0.0321. The second-order valence-electron chi connectivity index (χ2n) is 9.03. The molecule has 2 atom stereocenters. The van der Waals surface area contributed by atoms with Crippen molar-refractivity contribution in [3.05, 3.63) is 57.2 Å². The van der Waals surface area contributed by atoms with Crippen LogP contribution in [-0.2, 0) is 14.8 Å². The molecule has 0 radical (unpaired) electrons. The number of aryl methyl sites for hydroxylation is 1. The van der Waals surface area contributed by atoms with Crippen molar-refractivity contribution in [2.24, 2.45) is 4.99 Å². The van der Waals surface area contributed by atoms with Crippen LogP contribution in [0, 0.1) is 6.92 Å². The van der Waals surface area contributed by atoms with Gasteiger partial charge in [0.15, 0.2) is 0 Å². The summed E-state index contributed by atoms with van der Waals surface area (Å²) in [5.41, 5.74) is 2.55. The molecule has 0 bridgehead atoms. The predicted octanol–water partition coefficient (Wildman–Crippen LogP) is 5.67. The van der Waals surface area contributed by atoms with E-state index in [1.54, 1.807) is 38.4 Å². The van der Waals surface area contributed by atoms with Crippen molar-refractivity contribution in [1.82, 2.24) is 9.29 Å². The van der Waals surface area contributed by atoms with Gasteiger partial charge >= 0.3 is 5.97 Å². The van der Waals surface area contributed by atoms with Gasteiger partial charge < -0.3 is 9.84 Å². The van der Waals surface area contributed by atoms with E-state index < -0.39 is 16.0 Å². The maximum absolute atomic E-state index is 13.6. The second-order valence-corrected chi connectivity index (χ2v) is 11.9. The van der Waals surface area contributed by atoms with E-state index >= 15 is 0 Å². The Bertz CT molecular complexity index is 1340. The van der Waals surface area contributed by atoms with Gasteiger partial charge in [0.25, 0.3) is 0 Å². The number of carboxylic acids is 1. The molecule has 8 nitrogen and oxygen atoms in total. The number of aliphatic carboxylic acids is 1. The van der Waals surface area contributed by atoms with Crippen LogP contribution in [0.2, 0.25) is 10.0 Å². The lowest BCUT2D eigenvalue weighted by Crippen LogP contribution is -2.40. The lowest BCUT2D eigenvalue weighted by atomic mass is 9.86. The molecule has 0 saturated carbocycles. The predicted molar refractivity (Wildman–Crippen MR) is 139 cm³/mol. The quantitative estimate of drug-likeness (QED) is 0.474. The Morgan fingerprint density at radius 1 is 1.22 bits per heavy atom. The number of pyridine rings is 1. The smallest absolute Gasteiger partial charge is 0.305 e. The van der Waals surface area contributed by atoms with Gasteiger partial charge in [-0.15, -0.1) is 0 Å². The molecule has 2 heterocycles. The van der Waals surface area contributed by atoms with E-state index in [4.69, 9.17) is 33.0 Å². The van der Waals surface area contributed by atoms with Gasteiger partial charge in [-0.25, -0.2) is 13.4 Å². The van der Waals surface area contributed by atoms with Gasteiger partial charge in [-0.3, -0.25) is 9.79 Å². The fourth-order valence-corrected chi connectivity index (χ4v) is 6.32. The first-order valence-corrected chi connectivity index (χ1v) is 13.8. The molecular weight excluding hydrogens is 525 g/mol. The topological polar surface area (TPSA) is 109 Å². The highest BCUT2D eigenvalue weighted by molar-refractivity contribution is 7.89. The molecule has 2 aromatic rings. The van der Waals surface area contributed by atoms with Crippen molar-refractivity contribution in [1.29, 1.82) is 0 Å². The Hall–Kier alpha value is -2.46. The van der Waals surface area contributed by atoms with Crippen molar-refractivity contribution in [3.63, 3.8) is 0 Å². The molecule has 2 unspecified atom stereocenters. The summed E-state index contributed by atoms with van der Waals surface area (Å²) in [6, 6.07) is 5.65. The first-order chi connectivity index (χ1) is 17.1. The second kappa shape index (κ2) is 10.9. The maximum Gasteiger partial charge on any atom is 0.305 e. The van der Waals surface area contributed by atoms with Gasteiger partial charge in [-0.05, 0) is 62.8 Å². The summed E-state index contributed by atoms with van der Waals surface area (Å²) in [5, 5.41) is 9.94.